The van der Waals surface area contributed by atoms with Gasteiger partial charge in [-0.25, -0.2) is 13.9 Å². The predicted molar refractivity (Wildman–Crippen MR) is 74.1 cm³/mol. The van der Waals surface area contributed by atoms with Crippen LogP contribution in [-0.2, 0) is 13.8 Å². The second-order valence-electron chi connectivity index (χ2n) is 4.62. The van der Waals surface area contributed by atoms with Gasteiger partial charge in [0.05, 0.1) is 19.0 Å². The first-order chi connectivity index (χ1) is 10.3. The van der Waals surface area contributed by atoms with Gasteiger partial charge in [0.2, 0.25) is 0 Å². The van der Waals surface area contributed by atoms with Gasteiger partial charge < -0.3 is 14.6 Å². The van der Waals surface area contributed by atoms with Gasteiger partial charge in [-0.15, -0.1) is 5.10 Å². The number of nitrogens with one attached hydrogen (secondary N) is 1. The number of halogens is 1. The van der Waals surface area contributed by atoms with Gasteiger partial charge in [0.25, 0.3) is 5.56 Å². The molecule has 120 valence electrons. The lowest BCUT2D eigenvalue weighted by Crippen LogP contribution is -2.19. The Morgan fingerprint density at radius 2 is 2.45 bits per heavy atom. The van der Waals surface area contributed by atoms with Gasteiger partial charge in [-0.2, -0.15) is 4.68 Å². The van der Waals surface area contributed by atoms with Crippen LogP contribution in [0, 0.1) is 0 Å². The maximum absolute atomic E-state index is 14.1. The number of H-pyrrole nitrogens is 1. The van der Waals surface area contributed by atoms with Crippen molar-refractivity contribution in [1.29, 1.82) is 0 Å². The van der Waals surface area contributed by atoms with E-state index in [0.29, 0.717) is 0 Å². The third-order valence-electron chi connectivity index (χ3n) is 3.07. The summed E-state index contributed by atoms with van der Waals surface area (Å²) < 4.78 is 36.1. The lowest BCUT2D eigenvalue weighted by Gasteiger charge is -2.14. The first-order valence-corrected chi connectivity index (χ1v) is 8.86. The van der Waals surface area contributed by atoms with Crippen molar-refractivity contribution in [2.45, 2.75) is 24.9 Å². The standard InChI is InChI=1S/C9H11FN5O5PS/c10-5-1-4(2-19-21(17,18)22)20-9(5)15-7-6(13-14-15)8(16)12-3-11-7/h3-5,9H,1-2H2,(H,11,12,16)(H2,17,18,22)/t4-,5-,9+/m0/s1. The minimum Gasteiger partial charge on any atom is -0.347 e. The first kappa shape index (κ1) is 15.6. The molecule has 0 saturated carbocycles. The molecule has 0 spiro atoms. The SMILES string of the molecule is O=c1[nH]cnc2c1nnn2[C@@H]1O[C@H](COP(=O)(O)S)C[C@@H]1F. The molecule has 1 aliphatic rings. The second-order valence-corrected chi connectivity index (χ2v) is 7.38. The number of alkyl halides is 1. The summed E-state index contributed by atoms with van der Waals surface area (Å²) in [4.78, 5) is 26.7. The molecule has 2 aromatic heterocycles. The van der Waals surface area contributed by atoms with Gasteiger partial charge in [0.15, 0.2) is 17.4 Å². The van der Waals surface area contributed by atoms with Crippen LogP contribution >= 0.6 is 19.0 Å². The van der Waals surface area contributed by atoms with Gasteiger partial charge in [-0.1, -0.05) is 17.5 Å². The van der Waals surface area contributed by atoms with Gasteiger partial charge in [0, 0.05) is 6.42 Å². The van der Waals surface area contributed by atoms with Crippen LogP contribution in [0.25, 0.3) is 11.2 Å². The highest BCUT2D eigenvalue weighted by atomic mass is 32.7. The highest BCUT2D eigenvalue weighted by Crippen LogP contribution is 2.47. The normalized spacial score (nSPS) is 28.0. The molecule has 1 saturated heterocycles. The number of thiol groups is 1. The number of aromatic nitrogens is 5. The molecular weight excluding hydrogens is 340 g/mol. The third-order valence-corrected chi connectivity index (χ3v) is 3.90. The molecule has 1 aliphatic heterocycles. The fourth-order valence-electron chi connectivity index (χ4n) is 2.15. The van der Waals surface area contributed by atoms with Gasteiger partial charge in [0.1, 0.15) is 6.17 Å². The molecular formula is C9H11FN5O5PS. The average Bonchev–Trinajstić information content (AvgIpc) is 3.00. The number of hydrogen-bond donors (Lipinski definition) is 3. The summed E-state index contributed by atoms with van der Waals surface area (Å²) in [5.41, 5.74) is -0.450. The fraction of sp³-hybridized carbons (Fsp3) is 0.556. The second kappa shape index (κ2) is 5.70. The maximum atomic E-state index is 14.1. The number of hydrogen-bond acceptors (Lipinski definition) is 7. The van der Waals surface area contributed by atoms with E-state index >= 15 is 0 Å². The Hall–Kier alpha value is -1.33. The molecule has 4 atom stereocenters. The summed E-state index contributed by atoms with van der Waals surface area (Å²) in [5, 5.41) is 7.33. The van der Waals surface area contributed by atoms with E-state index < -0.39 is 30.9 Å². The quantitative estimate of drug-likeness (QED) is 0.525. The Labute approximate surface area is 127 Å². The van der Waals surface area contributed by atoms with Gasteiger partial charge >= 0.3 is 6.80 Å². The molecule has 10 nitrogen and oxygen atoms in total. The molecule has 1 unspecified atom stereocenters. The molecule has 0 radical (unpaired) electrons. The summed E-state index contributed by atoms with van der Waals surface area (Å²) in [7, 11) is 0. The lowest BCUT2D eigenvalue weighted by molar-refractivity contribution is -0.0389. The average molecular weight is 351 g/mol. The van der Waals surface area contributed by atoms with Crippen molar-refractivity contribution in [3.63, 3.8) is 0 Å². The lowest BCUT2D eigenvalue weighted by atomic mass is 10.2. The van der Waals surface area contributed by atoms with Crippen LogP contribution in [0.2, 0.25) is 0 Å². The van der Waals surface area contributed by atoms with Crippen molar-refractivity contribution >= 4 is 30.2 Å². The van der Waals surface area contributed by atoms with E-state index in [2.05, 4.69) is 37.1 Å². The van der Waals surface area contributed by atoms with Crippen LogP contribution in [-0.4, -0.2) is 48.7 Å². The van der Waals surface area contributed by atoms with Crippen molar-refractivity contribution in [2.24, 2.45) is 0 Å². The Balaban J connectivity index is 1.81. The van der Waals surface area contributed by atoms with E-state index in [1.807, 2.05) is 0 Å². The molecule has 2 N–H and O–H groups in total. The Bertz CT molecular complexity index is 792. The summed E-state index contributed by atoms with van der Waals surface area (Å²) in [6.45, 7) is -4.26. The molecule has 2 aromatic rings. The fourth-order valence-corrected chi connectivity index (χ4v) is 2.71. The summed E-state index contributed by atoms with van der Waals surface area (Å²) in [6.07, 6.45) is -2.28. The molecule has 3 heterocycles. The van der Waals surface area contributed by atoms with Crippen LogP contribution < -0.4 is 5.56 Å². The Morgan fingerprint density at radius 1 is 1.68 bits per heavy atom. The van der Waals surface area contributed by atoms with Crippen molar-refractivity contribution < 1.29 is 23.1 Å². The summed E-state index contributed by atoms with van der Waals surface area (Å²) in [6, 6.07) is 0. The van der Waals surface area contributed by atoms with Crippen molar-refractivity contribution in [3.05, 3.63) is 16.7 Å². The van der Waals surface area contributed by atoms with Gasteiger partial charge in [-0.05, 0) is 0 Å². The maximum Gasteiger partial charge on any atom is 0.383 e. The molecule has 0 bridgehead atoms. The molecule has 0 aromatic carbocycles. The smallest absolute Gasteiger partial charge is 0.347 e. The van der Waals surface area contributed by atoms with Crippen molar-refractivity contribution in [2.75, 3.05) is 6.61 Å². The summed E-state index contributed by atoms with van der Waals surface area (Å²) >= 11 is 3.36. The minimum atomic E-state index is -3.96. The molecule has 0 aliphatic carbocycles. The minimum absolute atomic E-state index is 0.0341. The monoisotopic (exact) mass is 351 g/mol. The number of aromatic amines is 1. The zero-order chi connectivity index (χ0) is 15.9. The van der Waals surface area contributed by atoms with E-state index in [9.17, 15) is 13.8 Å². The van der Waals surface area contributed by atoms with E-state index in [1.54, 1.807) is 0 Å². The van der Waals surface area contributed by atoms with E-state index in [0.717, 1.165) is 11.0 Å². The predicted octanol–water partition coefficient (Wildman–Crippen LogP) is 0.187. The van der Waals surface area contributed by atoms with Crippen LogP contribution in [0.1, 0.15) is 12.6 Å². The van der Waals surface area contributed by atoms with Gasteiger partial charge in [-0.3, -0.25) is 9.32 Å². The number of fused-ring (bicyclic) bond motifs is 1. The van der Waals surface area contributed by atoms with Crippen LogP contribution in [0.3, 0.4) is 0 Å². The number of ether oxygens (including phenoxy) is 1. The van der Waals surface area contributed by atoms with E-state index in [-0.39, 0.29) is 24.2 Å². The number of nitrogens with zero attached hydrogens (tertiary/aromatic N) is 4. The van der Waals surface area contributed by atoms with Crippen LogP contribution in [0.4, 0.5) is 4.39 Å². The zero-order valence-corrected chi connectivity index (χ0v) is 12.7. The Kier molecular flexibility index (Phi) is 4.03. The highest BCUT2D eigenvalue weighted by Gasteiger charge is 2.39. The van der Waals surface area contributed by atoms with Crippen LogP contribution in [0.15, 0.2) is 11.1 Å². The third kappa shape index (κ3) is 3.06. The first-order valence-electron chi connectivity index (χ1n) is 6.13. The van der Waals surface area contributed by atoms with Crippen molar-refractivity contribution in [1.82, 2.24) is 25.0 Å². The molecule has 13 heteroatoms. The largest absolute Gasteiger partial charge is 0.383 e. The highest BCUT2D eigenvalue weighted by molar-refractivity contribution is 8.44. The van der Waals surface area contributed by atoms with Crippen LogP contribution in [0.5, 0.6) is 0 Å². The topological polar surface area (TPSA) is 132 Å². The van der Waals surface area contributed by atoms with E-state index in [4.69, 9.17) is 9.63 Å². The zero-order valence-electron chi connectivity index (χ0n) is 10.9. The molecule has 22 heavy (non-hydrogen) atoms. The molecule has 3 rings (SSSR count). The van der Waals surface area contributed by atoms with Crippen molar-refractivity contribution in [3.8, 4) is 0 Å². The number of rotatable bonds is 4. The summed E-state index contributed by atoms with van der Waals surface area (Å²) in [5.74, 6) is 0. The molecule has 0 amide bonds. The van der Waals surface area contributed by atoms with E-state index in [1.165, 1.54) is 0 Å². The molecule has 1 fully saturated rings. The Morgan fingerprint density at radius 3 is 3.18 bits per heavy atom.